The molecule has 1 rings (SSSR count). The molecule has 1 amide bonds. The molecule has 9 nitrogen and oxygen atoms in total. The van der Waals surface area contributed by atoms with Crippen molar-refractivity contribution in [1.82, 2.24) is 5.32 Å². The predicted molar refractivity (Wildman–Crippen MR) is 281 cm³/mol. The average Bonchev–Trinajstić information content (AvgIpc) is 3.33. The quantitative estimate of drug-likeness (QED) is 0.0261. The van der Waals surface area contributed by atoms with E-state index in [1.165, 1.54) is 231 Å². The summed E-state index contributed by atoms with van der Waals surface area (Å²) in [6.45, 7) is 3.88. The Morgan fingerprint density at radius 1 is 0.493 bits per heavy atom. The second-order valence-corrected chi connectivity index (χ2v) is 20.8. The van der Waals surface area contributed by atoms with Gasteiger partial charge in [0.25, 0.3) is 0 Å². The molecule has 1 fully saturated rings. The molecule has 0 aromatic rings. The van der Waals surface area contributed by atoms with Crippen LogP contribution in [0.2, 0.25) is 0 Å². The lowest BCUT2D eigenvalue weighted by Gasteiger charge is -2.40. The average molecular weight is 953 g/mol. The Kier molecular flexibility index (Phi) is 46.3. The maximum Gasteiger partial charge on any atom is 0.220 e. The standard InChI is InChI=1S/C58H113NO8/c1-3-5-7-9-11-13-15-17-19-21-23-25-27-29-31-33-35-37-39-41-43-45-47-52(61)51(50-66-58-57(65)56(64)55(63)53(49-60)67-58)59-54(62)48-46-44-42-40-38-36-34-32-30-28-26-24-22-20-18-16-14-12-10-8-6-4-2/h28,30,51-53,55-58,60-61,63-65H,3-27,29,31-50H2,1-2H3,(H,59,62)/b30-28-. The van der Waals surface area contributed by atoms with Gasteiger partial charge in [0.05, 0.1) is 25.4 Å². The molecule has 0 aromatic heterocycles. The van der Waals surface area contributed by atoms with Crippen LogP contribution in [0.5, 0.6) is 0 Å². The zero-order valence-electron chi connectivity index (χ0n) is 44.2. The molecule has 0 radical (unpaired) electrons. The van der Waals surface area contributed by atoms with E-state index in [2.05, 4.69) is 31.3 Å². The van der Waals surface area contributed by atoms with Crippen LogP contribution in [0.1, 0.15) is 296 Å². The van der Waals surface area contributed by atoms with Crippen molar-refractivity contribution in [2.75, 3.05) is 13.2 Å². The SMILES string of the molecule is CCCCCCCCCCCCC/C=C\CCCCCCCCCC(=O)NC(COC1OC(CO)C(O)C(O)C1O)C(O)CCCCCCCCCCCCCCCCCCCCCCCC. The maximum atomic E-state index is 13.1. The summed E-state index contributed by atoms with van der Waals surface area (Å²) in [5.74, 6) is -0.143. The highest BCUT2D eigenvalue weighted by Gasteiger charge is 2.44. The fourth-order valence-corrected chi connectivity index (χ4v) is 9.69. The first-order valence-corrected chi connectivity index (χ1v) is 29.4. The van der Waals surface area contributed by atoms with E-state index in [1.807, 2.05) is 0 Å². The molecule has 1 heterocycles. The molecule has 0 spiro atoms. The number of carbonyl (C=O) groups excluding carboxylic acids is 1. The smallest absolute Gasteiger partial charge is 0.220 e. The lowest BCUT2D eigenvalue weighted by Crippen LogP contribution is -2.60. The number of aliphatic hydroxyl groups excluding tert-OH is 5. The third-order valence-corrected chi connectivity index (χ3v) is 14.4. The monoisotopic (exact) mass is 952 g/mol. The molecular weight excluding hydrogens is 839 g/mol. The Hall–Kier alpha value is -1.07. The van der Waals surface area contributed by atoms with Gasteiger partial charge in [-0.05, 0) is 38.5 Å². The molecule has 0 aliphatic carbocycles. The van der Waals surface area contributed by atoms with Crippen LogP contribution in [0.25, 0.3) is 0 Å². The molecule has 6 N–H and O–H groups in total. The normalized spacial score (nSPS) is 19.7. The Bertz CT molecular complexity index is 1060. The number of aliphatic hydroxyl groups is 5. The molecule has 67 heavy (non-hydrogen) atoms. The Morgan fingerprint density at radius 3 is 1.21 bits per heavy atom. The third kappa shape index (κ3) is 38.3. The molecule has 0 bridgehead atoms. The van der Waals surface area contributed by atoms with E-state index in [0.717, 1.165) is 38.5 Å². The van der Waals surface area contributed by atoms with Crippen LogP contribution in [0.4, 0.5) is 0 Å². The Morgan fingerprint density at radius 2 is 0.836 bits per heavy atom. The van der Waals surface area contributed by atoms with Crippen LogP contribution in [0, 0.1) is 0 Å². The molecule has 7 atom stereocenters. The number of hydrogen-bond acceptors (Lipinski definition) is 8. The minimum absolute atomic E-state index is 0.135. The lowest BCUT2D eigenvalue weighted by molar-refractivity contribution is -0.302. The van der Waals surface area contributed by atoms with Gasteiger partial charge in [-0.25, -0.2) is 0 Å². The van der Waals surface area contributed by atoms with Gasteiger partial charge >= 0.3 is 0 Å². The van der Waals surface area contributed by atoms with E-state index in [9.17, 15) is 30.3 Å². The summed E-state index contributed by atoms with van der Waals surface area (Å²) in [6.07, 6.45) is 52.4. The molecule has 7 unspecified atom stereocenters. The fourth-order valence-electron chi connectivity index (χ4n) is 9.69. The minimum atomic E-state index is -1.55. The number of carbonyl (C=O) groups is 1. The zero-order chi connectivity index (χ0) is 48.7. The van der Waals surface area contributed by atoms with E-state index in [-0.39, 0.29) is 12.5 Å². The summed E-state index contributed by atoms with van der Waals surface area (Å²) in [5.41, 5.74) is 0. The third-order valence-electron chi connectivity index (χ3n) is 14.4. The molecular formula is C58H113NO8. The van der Waals surface area contributed by atoms with Gasteiger partial charge in [0.2, 0.25) is 5.91 Å². The summed E-state index contributed by atoms with van der Waals surface area (Å²) < 4.78 is 11.3. The summed E-state index contributed by atoms with van der Waals surface area (Å²) in [5, 5.41) is 54.7. The number of hydrogen-bond donors (Lipinski definition) is 6. The van der Waals surface area contributed by atoms with Crippen molar-refractivity contribution in [2.24, 2.45) is 0 Å². The summed E-state index contributed by atoms with van der Waals surface area (Å²) in [7, 11) is 0. The van der Waals surface area contributed by atoms with Gasteiger partial charge < -0.3 is 40.3 Å². The second kappa shape index (κ2) is 48.6. The van der Waals surface area contributed by atoms with Gasteiger partial charge in [-0.1, -0.05) is 264 Å². The molecule has 9 heteroatoms. The Labute approximate surface area is 414 Å². The van der Waals surface area contributed by atoms with Crippen molar-refractivity contribution < 1.29 is 39.8 Å². The van der Waals surface area contributed by atoms with Gasteiger partial charge in [-0.3, -0.25) is 4.79 Å². The van der Waals surface area contributed by atoms with E-state index in [4.69, 9.17) is 9.47 Å². The molecule has 0 aromatic carbocycles. The van der Waals surface area contributed by atoms with Crippen LogP contribution in [-0.2, 0) is 14.3 Å². The van der Waals surface area contributed by atoms with Crippen molar-refractivity contribution in [3.63, 3.8) is 0 Å². The predicted octanol–water partition coefficient (Wildman–Crippen LogP) is 14.4. The topological polar surface area (TPSA) is 149 Å². The van der Waals surface area contributed by atoms with E-state index >= 15 is 0 Å². The van der Waals surface area contributed by atoms with Crippen LogP contribution in [0.15, 0.2) is 12.2 Å². The molecule has 1 aliphatic rings. The second-order valence-electron chi connectivity index (χ2n) is 20.8. The van der Waals surface area contributed by atoms with Gasteiger partial charge in [-0.2, -0.15) is 0 Å². The summed E-state index contributed by atoms with van der Waals surface area (Å²) in [4.78, 5) is 13.1. The number of ether oxygens (including phenoxy) is 2. The van der Waals surface area contributed by atoms with Crippen LogP contribution in [-0.4, -0.2) is 87.5 Å². The summed E-state index contributed by atoms with van der Waals surface area (Å²) >= 11 is 0. The highest BCUT2D eigenvalue weighted by atomic mass is 16.7. The zero-order valence-corrected chi connectivity index (χ0v) is 44.2. The van der Waals surface area contributed by atoms with Crippen LogP contribution in [0.3, 0.4) is 0 Å². The van der Waals surface area contributed by atoms with Crippen LogP contribution < -0.4 is 5.32 Å². The van der Waals surface area contributed by atoms with Gasteiger partial charge in [0, 0.05) is 6.42 Å². The van der Waals surface area contributed by atoms with E-state index in [1.54, 1.807) is 0 Å². The van der Waals surface area contributed by atoms with E-state index < -0.39 is 49.5 Å². The van der Waals surface area contributed by atoms with E-state index in [0.29, 0.717) is 12.8 Å². The first kappa shape index (κ1) is 63.9. The van der Waals surface area contributed by atoms with Crippen molar-refractivity contribution in [3.8, 4) is 0 Å². The van der Waals surface area contributed by atoms with Crippen molar-refractivity contribution >= 4 is 5.91 Å². The fraction of sp³-hybridized carbons (Fsp3) is 0.948. The Balaban J connectivity index is 2.20. The van der Waals surface area contributed by atoms with Crippen molar-refractivity contribution in [1.29, 1.82) is 0 Å². The summed E-state index contributed by atoms with van der Waals surface area (Å²) in [6, 6.07) is -0.719. The molecule has 1 aliphatic heterocycles. The maximum absolute atomic E-state index is 13.1. The van der Waals surface area contributed by atoms with Crippen LogP contribution >= 0.6 is 0 Å². The van der Waals surface area contributed by atoms with Gasteiger partial charge in [0.15, 0.2) is 6.29 Å². The van der Waals surface area contributed by atoms with Gasteiger partial charge in [0.1, 0.15) is 24.4 Å². The molecule has 0 saturated carbocycles. The number of allylic oxidation sites excluding steroid dienone is 2. The highest BCUT2D eigenvalue weighted by molar-refractivity contribution is 5.76. The van der Waals surface area contributed by atoms with Crippen molar-refractivity contribution in [2.45, 2.75) is 339 Å². The van der Waals surface area contributed by atoms with Crippen molar-refractivity contribution in [3.05, 3.63) is 12.2 Å². The number of amides is 1. The minimum Gasteiger partial charge on any atom is -0.394 e. The largest absolute Gasteiger partial charge is 0.394 e. The number of unbranched alkanes of at least 4 members (excludes halogenated alkanes) is 39. The molecule has 1 saturated heterocycles. The van der Waals surface area contributed by atoms with Gasteiger partial charge in [-0.15, -0.1) is 0 Å². The number of rotatable bonds is 51. The first-order chi connectivity index (χ1) is 32.8. The molecule has 398 valence electrons. The lowest BCUT2D eigenvalue weighted by atomic mass is 9.99. The highest BCUT2D eigenvalue weighted by Crippen LogP contribution is 2.23. The number of nitrogens with one attached hydrogen (secondary N) is 1. The first-order valence-electron chi connectivity index (χ1n) is 29.4.